The van der Waals surface area contributed by atoms with Crippen LogP contribution in [0.4, 0.5) is 5.95 Å². The van der Waals surface area contributed by atoms with Crippen molar-refractivity contribution in [2.45, 2.75) is 90.2 Å². The monoisotopic (exact) mass is 663 g/mol. The number of sulfonamides is 1. The fourth-order valence-corrected chi connectivity index (χ4v) is 8.34. The third-order valence-corrected chi connectivity index (χ3v) is 10.7. The lowest BCUT2D eigenvalue weighted by molar-refractivity contribution is 0.0188. The molecule has 2 aliphatic rings. The number of carbonyl (C=O) groups excluding carboxylic acids is 1. The van der Waals surface area contributed by atoms with E-state index in [1.54, 1.807) is 25.3 Å². The van der Waals surface area contributed by atoms with E-state index >= 15 is 0 Å². The number of fused-ring (bicyclic) bond motifs is 4. The normalized spacial score (nSPS) is 23.1. The minimum Gasteiger partial charge on any atom is -0.475 e. The number of amides is 1. The Balaban J connectivity index is 1.55. The molecule has 3 aromatic rings. The number of anilines is 1. The van der Waals surface area contributed by atoms with E-state index in [0.29, 0.717) is 30.3 Å². The third kappa shape index (κ3) is 8.13. The zero-order chi connectivity index (χ0) is 33.9. The second-order valence-corrected chi connectivity index (χ2v) is 15.7. The van der Waals surface area contributed by atoms with E-state index in [1.165, 1.54) is 12.1 Å². The number of nitrogens with zero attached hydrogens (tertiary/aromatic N) is 3. The Labute approximate surface area is 279 Å². The van der Waals surface area contributed by atoms with Gasteiger partial charge in [0.1, 0.15) is 6.61 Å². The highest BCUT2D eigenvalue weighted by molar-refractivity contribution is 7.92. The van der Waals surface area contributed by atoms with Gasteiger partial charge >= 0.3 is 0 Å². The summed E-state index contributed by atoms with van der Waals surface area (Å²) >= 11 is 0. The van der Waals surface area contributed by atoms with Crippen LogP contribution in [0.1, 0.15) is 74.9 Å². The molecule has 2 heterocycles. The van der Waals surface area contributed by atoms with E-state index in [1.807, 2.05) is 36.9 Å². The maximum atomic E-state index is 14.5. The summed E-state index contributed by atoms with van der Waals surface area (Å²) in [6.45, 7) is 14.3. The molecular weight excluding hydrogens is 614 g/mol. The summed E-state index contributed by atoms with van der Waals surface area (Å²) in [6.07, 6.45) is 3.53. The van der Waals surface area contributed by atoms with Crippen LogP contribution < -0.4 is 14.8 Å². The minimum atomic E-state index is -4.13. The van der Waals surface area contributed by atoms with Gasteiger partial charge in [-0.15, -0.1) is 0 Å². The predicted octanol–water partition coefficient (Wildman–Crippen LogP) is 5.99. The van der Waals surface area contributed by atoms with Gasteiger partial charge in [0.25, 0.3) is 15.9 Å². The first-order valence-electron chi connectivity index (χ1n) is 16.5. The molecule has 1 aliphatic heterocycles. The van der Waals surface area contributed by atoms with Gasteiger partial charge in [-0.05, 0) is 87.1 Å². The Morgan fingerprint density at radius 2 is 1.79 bits per heavy atom. The van der Waals surface area contributed by atoms with Gasteiger partial charge in [-0.3, -0.25) is 4.79 Å². The number of nitrogens with one attached hydrogen (secondary N) is 2. The zero-order valence-electron chi connectivity index (χ0n) is 28.7. The Bertz CT molecular complexity index is 1670. The van der Waals surface area contributed by atoms with Crippen LogP contribution in [0, 0.1) is 25.2 Å². The first-order valence-corrected chi connectivity index (χ1v) is 18.0. The standard InChI is InChI=1S/C36H49N5O5S/c1-23(2)16-29-22-46-32-18-31(33-24(3)10-8-11-25(33)4)38-35(39-32)40-47(43,44)30-13-9-12-27(17-30)34(42)41(29)26(5)19-36(6)20-28(21-36)37-14-15-45-7/h8-13,17-18,23,26,28-29,37H,14-16,19-22H2,1-7H3,(H,38,39,40)/t26-,28?,29+,36?/m0/s1. The van der Waals surface area contributed by atoms with Crippen LogP contribution in [0.2, 0.25) is 0 Å². The average molecular weight is 664 g/mol. The molecule has 1 fully saturated rings. The van der Waals surface area contributed by atoms with Crippen molar-refractivity contribution in [2.75, 3.05) is 31.6 Å². The average Bonchev–Trinajstić information content (AvgIpc) is 2.98. The third-order valence-electron chi connectivity index (χ3n) is 9.33. The summed E-state index contributed by atoms with van der Waals surface area (Å²) < 4.78 is 41.5. The predicted molar refractivity (Wildman–Crippen MR) is 184 cm³/mol. The molecule has 1 saturated carbocycles. The lowest BCUT2D eigenvalue weighted by Gasteiger charge is -2.49. The molecule has 0 radical (unpaired) electrons. The van der Waals surface area contributed by atoms with E-state index in [-0.39, 0.29) is 52.7 Å². The van der Waals surface area contributed by atoms with E-state index in [9.17, 15) is 13.2 Å². The molecular formula is C36H49N5O5S. The highest BCUT2D eigenvalue weighted by Crippen LogP contribution is 2.45. The van der Waals surface area contributed by atoms with Crippen molar-refractivity contribution in [3.63, 3.8) is 0 Å². The fraction of sp³-hybridized carbons (Fsp3) is 0.528. The van der Waals surface area contributed by atoms with Crippen molar-refractivity contribution in [2.24, 2.45) is 11.3 Å². The molecule has 1 aromatic heterocycles. The molecule has 1 amide bonds. The Hall–Kier alpha value is -3.54. The van der Waals surface area contributed by atoms with Gasteiger partial charge in [-0.25, -0.2) is 18.1 Å². The number of rotatable bonds is 10. The number of ether oxygens (including phenoxy) is 2. The van der Waals surface area contributed by atoms with E-state index in [2.05, 4.69) is 47.7 Å². The summed E-state index contributed by atoms with van der Waals surface area (Å²) in [6, 6.07) is 14.0. The number of aromatic nitrogens is 2. The highest BCUT2D eigenvalue weighted by Gasteiger charge is 2.43. The molecule has 2 aromatic carbocycles. The second kappa shape index (κ2) is 14.3. The molecule has 4 bridgehead atoms. The van der Waals surface area contributed by atoms with E-state index in [4.69, 9.17) is 9.47 Å². The van der Waals surface area contributed by atoms with Crippen molar-refractivity contribution >= 4 is 21.9 Å². The first-order chi connectivity index (χ1) is 22.3. The summed E-state index contributed by atoms with van der Waals surface area (Å²) in [5.41, 5.74) is 3.82. The molecule has 2 N–H and O–H groups in total. The molecule has 1 aliphatic carbocycles. The van der Waals surface area contributed by atoms with Crippen LogP contribution in [0.3, 0.4) is 0 Å². The molecule has 10 nitrogen and oxygen atoms in total. The van der Waals surface area contributed by atoms with Gasteiger partial charge in [0, 0.05) is 42.9 Å². The molecule has 254 valence electrons. The highest BCUT2D eigenvalue weighted by atomic mass is 32.2. The molecule has 11 heteroatoms. The summed E-state index contributed by atoms with van der Waals surface area (Å²) in [4.78, 5) is 25.5. The Morgan fingerprint density at radius 1 is 1.09 bits per heavy atom. The number of benzene rings is 2. The van der Waals surface area contributed by atoms with Gasteiger partial charge in [-0.2, -0.15) is 4.98 Å². The number of methoxy groups -OCH3 is 1. The maximum absolute atomic E-state index is 14.5. The minimum absolute atomic E-state index is 0.0323. The molecule has 0 unspecified atom stereocenters. The van der Waals surface area contributed by atoms with Crippen LogP contribution in [-0.4, -0.2) is 74.2 Å². The zero-order valence-corrected chi connectivity index (χ0v) is 29.5. The molecule has 2 atom stereocenters. The maximum Gasteiger partial charge on any atom is 0.264 e. The first kappa shape index (κ1) is 34.8. The van der Waals surface area contributed by atoms with Crippen LogP contribution >= 0.6 is 0 Å². The van der Waals surface area contributed by atoms with Gasteiger partial charge in [0.15, 0.2) is 0 Å². The lowest BCUT2D eigenvalue weighted by Crippen LogP contribution is -2.54. The summed E-state index contributed by atoms with van der Waals surface area (Å²) in [7, 11) is -2.42. The Kier molecular flexibility index (Phi) is 10.6. The SMILES string of the molecule is COCCNC1CC(C)(C[C@H](C)N2C(=O)c3cccc(c3)S(=O)(=O)Nc3nc(cc(-c4c(C)cccc4C)n3)OC[C@H]2CC(C)C)C1. The van der Waals surface area contributed by atoms with Gasteiger partial charge in [-0.1, -0.05) is 45.0 Å². The Morgan fingerprint density at radius 3 is 2.47 bits per heavy atom. The van der Waals surface area contributed by atoms with Crippen molar-refractivity contribution in [3.8, 4) is 17.1 Å². The number of carbonyl (C=O) groups is 1. The number of hydrogen-bond donors (Lipinski definition) is 2. The summed E-state index contributed by atoms with van der Waals surface area (Å²) in [5.74, 6) is 0.212. The van der Waals surface area contributed by atoms with Gasteiger partial charge in [0.2, 0.25) is 11.8 Å². The molecule has 5 rings (SSSR count). The van der Waals surface area contributed by atoms with E-state index in [0.717, 1.165) is 42.5 Å². The van der Waals surface area contributed by atoms with Crippen LogP contribution in [0.15, 0.2) is 53.4 Å². The second-order valence-electron chi connectivity index (χ2n) is 14.0. The lowest BCUT2D eigenvalue weighted by atomic mass is 9.63. The van der Waals surface area contributed by atoms with Crippen LogP contribution in [0.25, 0.3) is 11.3 Å². The molecule has 0 saturated heterocycles. The summed E-state index contributed by atoms with van der Waals surface area (Å²) in [5, 5.41) is 3.56. The fourth-order valence-electron chi connectivity index (χ4n) is 7.35. The molecule has 0 spiro atoms. The topological polar surface area (TPSA) is 123 Å². The number of aryl methyl sites for hydroxylation is 2. The van der Waals surface area contributed by atoms with Crippen LogP contribution in [0.5, 0.6) is 5.88 Å². The van der Waals surface area contributed by atoms with Crippen molar-refractivity contribution < 1.29 is 22.7 Å². The smallest absolute Gasteiger partial charge is 0.264 e. The van der Waals surface area contributed by atoms with Crippen molar-refractivity contribution in [1.29, 1.82) is 0 Å². The van der Waals surface area contributed by atoms with Crippen LogP contribution in [-0.2, 0) is 14.8 Å². The number of hydrogen-bond acceptors (Lipinski definition) is 8. The largest absolute Gasteiger partial charge is 0.475 e. The van der Waals surface area contributed by atoms with E-state index < -0.39 is 10.0 Å². The van der Waals surface area contributed by atoms with Crippen molar-refractivity contribution in [1.82, 2.24) is 20.2 Å². The van der Waals surface area contributed by atoms with Gasteiger partial charge < -0.3 is 19.7 Å². The quantitative estimate of drug-likeness (QED) is 0.254. The molecule has 47 heavy (non-hydrogen) atoms. The van der Waals surface area contributed by atoms with Gasteiger partial charge in [0.05, 0.1) is 23.2 Å². The van der Waals surface area contributed by atoms with Crippen molar-refractivity contribution in [3.05, 3.63) is 65.2 Å².